The second kappa shape index (κ2) is 7.94. The van der Waals surface area contributed by atoms with Crippen LogP contribution in [0.2, 0.25) is 0 Å². The number of carbonyl (C=O) groups is 1. The zero-order valence-electron chi connectivity index (χ0n) is 10.1. The van der Waals surface area contributed by atoms with Crippen molar-refractivity contribution >= 4 is 40.8 Å². The Labute approximate surface area is 114 Å². The third kappa shape index (κ3) is 4.85. The Morgan fingerprint density at radius 3 is 2.65 bits per heavy atom. The number of carbonyl (C=O) groups excluding carboxylic acids is 1. The summed E-state index contributed by atoms with van der Waals surface area (Å²) in [4.78, 5) is 11.7. The topological polar surface area (TPSA) is 52.1 Å². The van der Waals surface area contributed by atoms with Gasteiger partial charge in [0.1, 0.15) is 5.25 Å². The third-order valence-electron chi connectivity index (χ3n) is 1.91. The predicted octanol–water partition coefficient (Wildman–Crippen LogP) is 3.08. The molecule has 0 amide bonds. The summed E-state index contributed by atoms with van der Waals surface area (Å²) < 4.78 is 6.81. The molecule has 0 bridgehead atoms. The van der Waals surface area contributed by atoms with E-state index in [1.54, 1.807) is 11.8 Å². The SMILES string of the molecule is CCCC(Sc1nnc(SC)s1)C(=O)OCC. The Morgan fingerprint density at radius 2 is 2.12 bits per heavy atom. The number of thioether (sulfide) groups is 2. The zero-order chi connectivity index (χ0) is 12.7. The number of rotatable bonds is 7. The van der Waals surface area contributed by atoms with Crippen LogP contribution in [0.1, 0.15) is 26.7 Å². The van der Waals surface area contributed by atoms with Gasteiger partial charge in [-0.25, -0.2) is 0 Å². The van der Waals surface area contributed by atoms with Gasteiger partial charge in [0.15, 0.2) is 8.68 Å². The molecule has 0 aliphatic heterocycles. The number of ether oxygens (including phenoxy) is 1. The predicted molar refractivity (Wildman–Crippen MR) is 72.9 cm³/mol. The van der Waals surface area contributed by atoms with E-state index in [2.05, 4.69) is 17.1 Å². The highest BCUT2D eigenvalue weighted by Gasteiger charge is 2.22. The van der Waals surface area contributed by atoms with Crippen molar-refractivity contribution in [3.8, 4) is 0 Å². The molecule has 17 heavy (non-hydrogen) atoms. The van der Waals surface area contributed by atoms with Gasteiger partial charge in [0.25, 0.3) is 0 Å². The van der Waals surface area contributed by atoms with Gasteiger partial charge in [0.2, 0.25) is 0 Å². The first-order chi connectivity index (χ1) is 8.21. The van der Waals surface area contributed by atoms with Crippen LogP contribution >= 0.6 is 34.9 Å². The van der Waals surface area contributed by atoms with Crippen LogP contribution < -0.4 is 0 Å². The van der Waals surface area contributed by atoms with Crippen LogP contribution in [0.25, 0.3) is 0 Å². The summed E-state index contributed by atoms with van der Waals surface area (Å²) in [6.45, 7) is 4.30. The summed E-state index contributed by atoms with van der Waals surface area (Å²) in [7, 11) is 0. The van der Waals surface area contributed by atoms with Crippen LogP contribution in [0.5, 0.6) is 0 Å². The monoisotopic (exact) mass is 292 g/mol. The third-order valence-corrected chi connectivity index (χ3v) is 5.13. The molecule has 0 radical (unpaired) electrons. The summed E-state index contributed by atoms with van der Waals surface area (Å²) in [5.41, 5.74) is 0. The molecule has 0 aliphatic carbocycles. The van der Waals surface area contributed by atoms with E-state index in [0.29, 0.717) is 6.61 Å². The molecule has 1 heterocycles. The highest BCUT2D eigenvalue weighted by molar-refractivity contribution is 8.03. The van der Waals surface area contributed by atoms with Crippen molar-refractivity contribution < 1.29 is 9.53 Å². The molecule has 0 aromatic carbocycles. The molecule has 0 spiro atoms. The molecule has 1 unspecified atom stereocenters. The van der Waals surface area contributed by atoms with E-state index in [4.69, 9.17) is 4.74 Å². The Bertz CT molecular complexity index is 357. The number of hydrogen-bond acceptors (Lipinski definition) is 7. The van der Waals surface area contributed by atoms with Gasteiger partial charge in [-0.3, -0.25) is 4.79 Å². The summed E-state index contributed by atoms with van der Waals surface area (Å²) >= 11 is 4.54. The molecular formula is C10H16N2O2S3. The van der Waals surface area contributed by atoms with Crippen LogP contribution in [-0.4, -0.2) is 34.3 Å². The average Bonchev–Trinajstić information content (AvgIpc) is 2.76. The van der Waals surface area contributed by atoms with E-state index in [9.17, 15) is 4.79 Å². The maximum Gasteiger partial charge on any atom is 0.319 e. The van der Waals surface area contributed by atoms with E-state index in [-0.39, 0.29) is 11.2 Å². The van der Waals surface area contributed by atoms with Crippen LogP contribution in [0, 0.1) is 0 Å². The molecular weight excluding hydrogens is 276 g/mol. The average molecular weight is 292 g/mol. The fourth-order valence-electron chi connectivity index (χ4n) is 1.17. The first kappa shape index (κ1) is 14.8. The van der Waals surface area contributed by atoms with E-state index in [0.717, 1.165) is 21.5 Å². The lowest BCUT2D eigenvalue weighted by atomic mass is 10.2. The quantitative estimate of drug-likeness (QED) is 0.568. The molecule has 1 aromatic rings. The van der Waals surface area contributed by atoms with Crippen molar-refractivity contribution in [3.05, 3.63) is 0 Å². The van der Waals surface area contributed by atoms with Crippen LogP contribution in [0.3, 0.4) is 0 Å². The minimum absolute atomic E-state index is 0.153. The number of esters is 1. The highest BCUT2D eigenvalue weighted by atomic mass is 32.2. The lowest BCUT2D eigenvalue weighted by Crippen LogP contribution is -2.20. The summed E-state index contributed by atoms with van der Waals surface area (Å²) in [5, 5.41) is 7.90. The molecule has 0 fully saturated rings. The number of hydrogen-bond donors (Lipinski definition) is 0. The Kier molecular flexibility index (Phi) is 6.91. The molecule has 4 nitrogen and oxygen atoms in total. The van der Waals surface area contributed by atoms with E-state index in [1.807, 2.05) is 13.2 Å². The normalized spacial score (nSPS) is 12.4. The Balaban J connectivity index is 2.62. The van der Waals surface area contributed by atoms with E-state index < -0.39 is 0 Å². The van der Waals surface area contributed by atoms with E-state index in [1.165, 1.54) is 23.1 Å². The summed E-state index contributed by atoms with van der Waals surface area (Å²) in [6.07, 6.45) is 3.71. The zero-order valence-corrected chi connectivity index (χ0v) is 12.6. The second-order valence-electron chi connectivity index (χ2n) is 3.19. The van der Waals surface area contributed by atoms with Crippen molar-refractivity contribution in [3.63, 3.8) is 0 Å². The number of aromatic nitrogens is 2. The summed E-state index contributed by atoms with van der Waals surface area (Å²) in [6, 6.07) is 0. The van der Waals surface area contributed by atoms with Crippen LogP contribution in [-0.2, 0) is 9.53 Å². The lowest BCUT2D eigenvalue weighted by molar-refractivity contribution is -0.142. The minimum atomic E-state index is -0.164. The Morgan fingerprint density at radius 1 is 1.41 bits per heavy atom. The molecule has 96 valence electrons. The minimum Gasteiger partial charge on any atom is -0.465 e. The molecule has 7 heteroatoms. The number of nitrogens with zero attached hydrogens (tertiary/aromatic N) is 2. The first-order valence-corrected chi connectivity index (χ1v) is 8.34. The van der Waals surface area contributed by atoms with Crippen LogP contribution in [0.15, 0.2) is 8.68 Å². The molecule has 0 aliphatic rings. The van der Waals surface area contributed by atoms with Gasteiger partial charge in [-0.1, -0.05) is 48.2 Å². The van der Waals surface area contributed by atoms with Crippen molar-refractivity contribution in [2.24, 2.45) is 0 Å². The Hall–Kier alpha value is -0.270. The van der Waals surface area contributed by atoms with Gasteiger partial charge in [0.05, 0.1) is 6.61 Å². The lowest BCUT2D eigenvalue weighted by Gasteiger charge is -2.11. The fourth-order valence-corrected chi connectivity index (χ4v) is 3.96. The van der Waals surface area contributed by atoms with Gasteiger partial charge in [0, 0.05) is 0 Å². The van der Waals surface area contributed by atoms with Gasteiger partial charge in [-0.15, -0.1) is 10.2 Å². The van der Waals surface area contributed by atoms with E-state index >= 15 is 0 Å². The van der Waals surface area contributed by atoms with Gasteiger partial charge >= 0.3 is 5.97 Å². The molecule has 1 rings (SSSR count). The van der Waals surface area contributed by atoms with Crippen LogP contribution in [0.4, 0.5) is 0 Å². The van der Waals surface area contributed by atoms with Gasteiger partial charge < -0.3 is 4.74 Å². The van der Waals surface area contributed by atoms with Crippen molar-refractivity contribution in [2.45, 2.75) is 40.6 Å². The fraction of sp³-hybridized carbons (Fsp3) is 0.700. The standard InChI is InChI=1S/C10H16N2O2S3/c1-4-6-7(8(13)14-5-2)16-10-12-11-9(15-3)17-10/h7H,4-6H2,1-3H3. The van der Waals surface area contributed by atoms with Crippen molar-refractivity contribution in [1.29, 1.82) is 0 Å². The largest absolute Gasteiger partial charge is 0.465 e. The molecule has 0 saturated carbocycles. The smallest absolute Gasteiger partial charge is 0.319 e. The van der Waals surface area contributed by atoms with Gasteiger partial charge in [-0.2, -0.15) is 0 Å². The van der Waals surface area contributed by atoms with Gasteiger partial charge in [-0.05, 0) is 19.6 Å². The molecule has 1 aromatic heterocycles. The molecule has 0 N–H and O–H groups in total. The maximum atomic E-state index is 11.7. The van der Waals surface area contributed by atoms with Crippen molar-refractivity contribution in [1.82, 2.24) is 10.2 Å². The molecule has 0 saturated heterocycles. The maximum absolute atomic E-state index is 11.7. The van der Waals surface area contributed by atoms with Crippen molar-refractivity contribution in [2.75, 3.05) is 12.9 Å². The second-order valence-corrected chi connectivity index (χ2v) is 6.67. The molecule has 1 atom stereocenters. The highest BCUT2D eigenvalue weighted by Crippen LogP contribution is 2.32. The summed E-state index contributed by atoms with van der Waals surface area (Å²) in [5.74, 6) is -0.153. The first-order valence-electron chi connectivity index (χ1n) is 5.42.